The van der Waals surface area contributed by atoms with E-state index in [1.807, 2.05) is 18.2 Å². The first-order chi connectivity index (χ1) is 7.45. The summed E-state index contributed by atoms with van der Waals surface area (Å²) in [5.41, 5.74) is 2.64. The maximum atomic E-state index is 5.67. The lowest BCUT2D eigenvalue weighted by Gasteiger charge is -2.08. The van der Waals surface area contributed by atoms with Crippen molar-refractivity contribution in [2.24, 2.45) is 0 Å². The minimum atomic E-state index is 0.405. The molecule has 0 amide bonds. The maximum Gasteiger partial charge on any atom is 0.123 e. The number of ether oxygens (including phenoxy) is 1. The van der Waals surface area contributed by atoms with Crippen LogP contribution < -0.4 is 4.74 Å². The van der Waals surface area contributed by atoms with Gasteiger partial charge in [-0.15, -0.1) is 0 Å². The summed E-state index contributed by atoms with van der Waals surface area (Å²) in [6, 6.07) is 18.8. The highest BCUT2D eigenvalue weighted by Crippen LogP contribution is 2.37. The molecular formula is C14H12O. The lowest BCUT2D eigenvalue weighted by molar-refractivity contribution is 0.343. The molecule has 0 saturated heterocycles. The van der Waals surface area contributed by atoms with Gasteiger partial charge in [0, 0.05) is 11.5 Å². The molecule has 0 saturated carbocycles. The second-order valence-corrected chi connectivity index (χ2v) is 3.81. The van der Waals surface area contributed by atoms with Crippen LogP contribution in [0.3, 0.4) is 0 Å². The first-order valence-electron chi connectivity index (χ1n) is 5.22. The predicted molar refractivity (Wildman–Crippen MR) is 60.2 cm³/mol. The Hall–Kier alpha value is -1.76. The molecule has 74 valence electrons. The number of hydrogen-bond donors (Lipinski definition) is 0. The van der Waals surface area contributed by atoms with Gasteiger partial charge in [0.05, 0.1) is 6.61 Å². The van der Waals surface area contributed by atoms with Crippen LogP contribution in [-0.2, 0) is 0 Å². The van der Waals surface area contributed by atoms with E-state index in [4.69, 9.17) is 4.74 Å². The summed E-state index contributed by atoms with van der Waals surface area (Å²) in [5.74, 6) is 1.44. The Kier molecular flexibility index (Phi) is 1.95. The third-order valence-corrected chi connectivity index (χ3v) is 2.90. The van der Waals surface area contributed by atoms with Crippen molar-refractivity contribution in [3.8, 4) is 5.75 Å². The summed E-state index contributed by atoms with van der Waals surface area (Å²) in [6.45, 7) is 0.767. The van der Waals surface area contributed by atoms with Crippen molar-refractivity contribution in [1.29, 1.82) is 0 Å². The van der Waals surface area contributed by atoms with Crippen molar-refractivity contribution in [3.05, 3.63) is 65.7 Å². The Bertz CT molecular complexity index is 462. The maximum absolute atomic E-state index is 5.67. The van der Waals surface area contributed by atoms with Crippen LogP contribution in [0.2, 0.25) is 0 Å². The van der Waals surface area contributed by atoms with Gasteiger partial charge in [-0.3, -0.25) is 0 Å². The number of benzene rings is 2. The van der Waals surface area contributed by atoms with Crippen LogP contribution in [-0.4, -0.2) is 6.61 Å². The molecule has 1 heterocycles. The van der Waals surface area contributed by atoms with Gasteiger partial charge in [0.2, 0.25) is 0 Å². The summed E-state index contributed by atoms with van der Waals surface area (Å²) in [6.07, 6.45) is 0. The monoisotopic (exact) mass is 196 g/mol. The van der Waals surface area contributed by atoms with Crippen LogP contribution in [0.25, 0.3) is 0 Å². The summed E-state index contributed by atoms with van der Waals surface area (Å²) < 4.78 is 5.67. The molecule has 3 rings (SSSR count). The molecule has 1 aliphatic rings. The van der Waals surface area contributed by atoms with Gasteiger partial charge in [-0.05, 0) is 11.6 Å². The third kappa shape index (κ3) is 1.40. The summed E-state index contributed by atoms with van der Waals surface area (Å²) in [7, 11) is 0. The van der Waals surface area contributed by atoms with Gasteiger partial charge < -0.3 is 4.74 Å². The molecule has 1 aliphatic heterocycles. The average Bonchev–Trinajstić information content (AvgIpc) is 2.74. The van der Waals surface area contributed by atoms with Crippen LogP contribution in [0.15, 0.2) is 54.6 Å². The van der Waals surface area contributed by atoms with Crippen molar-refractivity contribution in [2.45, 2.75) is 5.92 Å². The molecule has 0 fully saturated rings. The van der Waals surface area contributed by atoms with E-state index in [1.165, 1.54) is 11.1 Å². The summed E-state index contributed by atoms with van der Waals surface area (Å²) >= 11 is 0. The second-order valence-electron chi connectivity index (χ2n) is 3.81. The van der Waals surface area contributed by atoms with Crippen LogP contribution in [0, 0.1) is 0 Å². The number of para-hydroxylation sites is 1. The van der Waals surface area contributed by atoms with Gasteiger partial charge in [0.15, 0.2) is 0 Å². The topological polar surface area (TPSA) is 9.23 Å². The Morgan fingerprint density at radius 2 is 1.60 bits per heavy atom. The SMILES string of the molecule is c1ccc(C2COc3ccccc32)cc1. The minimum Gasteiger partial charge on any atom is -0.492 e. The molecule has 1 atom stereocenters. The van der Waals surface area contributed by atoms with Crippen LogP contribution in [0.1, 0.15) is 17.0 Å². The van der Waals surface area contributed by atoms with Gasteiger partial charge >= 0.3 is 0 Å². The normalized spacial score (nSPS) is 18.3. The molecule has 1 nitrogen and oxygen atoms in total. The molecular weight excluding hydrogens is 184 g/mol. The number of rotatable bonds is 1. The van der Waals surface area contributed by atoms with Crippen molar-refractivity contribution in [3.63, 3.8) is 0 Å². The first-order valence-corrected chi connectivity index (χ1v) is 5.22. The van der Waals surface area contributed by atoms with Gasteiger partial charge in [0.25, 0.3) is 0 Å². The lowest BCUT2D eigenvalue weighted by atomic mass is 9.93. The highest BCUT2D eigenvalue weighted by Gasteiger charge is 2.24. The molecule has 0 bridgehead atoms. The number of hydrogen-bond acceptors (Lipinski definition) is 1. The predicted octanol–water partition coefficient (Wildman–Crippen LogP) is 3.21. The smallest absolute Gasteiger partial charge is 0.123 e. The van der Waals surface area contributed by atoms with Crippen molar-refractivity contribution in [2.75, 3.05) is 6.61 Å². The molecule has 1 heteroatoms. The van der Waals surface area contributed by atoms with E-state index in [0.29, 0.717) is 5.92 Å². The zero-order valence-electron chi connectivity index (χ0n) is 8.39. The van der Waals surface area contributed by atoms with E-state index in [-0.39, 0.29) is 0 Å². The Morgan fingerprint density at radius 3 is 2.47 bits per heavy atom. The molecule has 0 aromatic heterocycles. The molecule has 0 aliphatic carbocycles. The largest absolute Gasteiger partial charge is 0.492 e. The van der Waals surface area contributed by atoms with E-state index in [1.54, 1.807) is 0 Å². The highest BCUT2D eigenvalue weighted by atomic mass is 16.5. The molecule has 15 heavy (non-hydrogen) atoms. The number of fused-ring (bicyclic) bond motifs is 1. The van der Waals surface area contributed by atoms with Crippen LogP contribution in [0.5, 0.6) is 5.75 Å². The quantitative estimate of drug-likeness (QED) is 0.680. The molecule has 0 radical (unpaired) electrons. The molecule has 2 aromatic rings. The molecule has 0 spiro atoms. The zero-order valence-corrected chi connectivity index (χ0v) is 8.39. The van der Waals surface area contributed by atoms with E-state index in [0.717, 1.165) is 12.4 Å². The van der Waals surface area contributed by atoms with Gasteiger partial charge in [-0.2, -0.15) is 0 Å². The van der Waals surface area contributed by atoms with E-state index in [9.17, 15) is 0 Å². The highest BCUT2D eigenvalue weighted by molar-refractivity contribution is 5.45. The van der Waals surface area contributed by atoms with E-state index in [2.05, 4.69) is 36.4 Å². The fraction of sp³-hybridized carbons (Fsp3) is 0.143. The Morgan fingerprint density at radius 1 is 0.867 bits per heavy atom. The lowest BCUT2D eigenvalue weighted by Crippen LogP contribution is -2.01. The zero-order chi connectivity index (χ0) is 10.1. The third-order valence-electron chi connectivity index (χ3n) is 2.90. The van der Waals surface area contributed by atoms with Gasteiger partial charge in [-0.1, -0.05) is 48.5 Å². The van der Waals surface area contributed by atoms with Crippen LogP contribution >= 0.6 is 0 Å². The Balaban J connectivity index is 2.05. The van der Waals surface area contributed by atoms with Gasteiger partial charge in [-0.25, -0.2) is 0 Å². The average molecular weight is 196 g/mol. The first kappa shape index (κ1) is 8.54. The minimum absolute atomic E-state index is 0.405. The van der Waals surface area contributed by atoms with Crippen LogP contribution in [0.4, 0.5) is 0 Å². The molecule has 1 unspecified atom stereocenters. The Labute approximate surface area is 89.3 Å². The standard InChI is InChI=1S/C14H12O/c1-2-6-11(7-3-1)13-10-15-14-9-5-4-8-12(13)14/h1-9,13H,10H2. The summed E-state index contributed by atoms with van der Waals surface area (Å²) in [5, 5.41) is 0. The van der Waals surface area contributed by atoms with Gasteiger partial charge in [0.1, 0.15) is 5.75 Å². The fourth-order valence-corrected chi connectivity index (χ4v) is 2.12. The second kappa shape index (κ2) is 3.43. The van der Waals surface area contributed by atoms with E-state index < -0.39 is 0 Å². The fourth-order valence-electron chi connectivity index (χ4n) is 2.12. The van der Waals surface area contributed by atoms with Crippen molar-refractivity contribution < 1.29 is 4.74 Å². The summed E-state index contributed by atoms with van der Waals surface area (Å²) in [4.78, 5) is 0. The molecule has 0 N–H and O–H groups in total. The van der Waals surface area contributed by atoms with Crippen molar-refractivity contribution >= 4 is 0 Å². The van der Waals surface area contributed by atoms with Crippen molar-refractivity contribution in [1.82, 2.24) is 0 Å². The molecule has 2 aromatic carbocycles. The van der Waals surface area contributed by atoms with E-state index >= 15 is 0 Å².